The molecule has 0 aliphatic heterocycles. The van der Waals surface area contributed by atoms with Crippen molar-refractivity contribution in [1.82, 2.24) is 0 Å². The Labute approximate surface area is 87.7 Å². The van der Waals surface area contributed by atoms with E-state index in [2.05, 4.69) is 0 Å². The van der Waals surface area contributed by atoms with Crippen LogP contribution in [0, 0.1) is 0 Å². The normalized spacial score (nSPS) is 20.5. The number of carbonyl (C=O) groups is 2. The van der Waals surface area contributed by atoms with E-state index in [1.54, 1.807) is 18.2 Å². The summed E-state index contributed by atoms with van der Waals surface area (Å²) in [5.41, 5.74) is 1.10. The molecule has 3 heteroatoms. The molecule has 0 aromatic heterocycles. The number of carboxylic acid groups (broad SMARTS) is 1. The van der Waals surface area contributed by atoms with E-state index >= 15 is 0 Å². The molecule has 0 radical (unpaired) electrons. The summed E-state index contributed by atoms with van der Waals surface area (Å²) in [6.07, 6.45) is 2.39. The lowest BCUT2D eigenvalue weighted by molar-refractivity contribution is -0.118. The first-order chi connectivity index (χ1) is 7.18. The zero-order valence-electron chi connectivity index (χ0n) is 8.27. The van der Waals surface area contributed by atoms with Gasteiger partial charge in [0.2, 0.25) is 0 Å². The van der Waals surface area contributed by atoms with Gasteiger partial charge in [0.15, 0.2) is 0 Å². The average Bonchev–Trinajstić information content (AvgIpc) is 2.64. The summed E-state index contributed by atoms with van der Waals surface area (Å²) in [6.45, 7) is 0. The molecular weight excluding hydrogens is 192 g/mol. The van der Waals surface area contributed by atoms with Crippen LogP contribution in [0.2, 0.25) is 0 Å². The van der Waals surface area contributed by atoms with Crippen LogP contribution in [0.15, 0.2) is 24.3 Å². The molecule has 2 rings (SSSR count). The van der Waals surface area contributed by atoms with E-state index in [-0.39, 0.29) is 17.3 Å². The number of carboxylic acids is 1. The number of hydrogen-bond donors (Lipinski definition) is 1. The second-order valence-electron chi connectivity index (χ2n) is 3.84. The van der Waals surface area contributed by atoms with Crippen LogP contribution in [-0.2, 0) is 4.79 Å². The molecule has 0 saturated heterocycles. The van der Waals surface area contributed by atoms with Gasteiger partial charge in [-0.3, -0.25) is 4.79 Å². The number of hydrogen-bond acceptors (Lipinski definition) is 2. The molecule has 0 spiro atoms. The Hall–Kier alpha value is -1.64. The van der Waals surface area contributed by atoms with Crippen molar-refractivity contribution in [3.8, 4) is 0 Å². The summed E-state index contributed by atoms with van der Waals surface area (Å²) in [5, 5.41) is 8.83. The summed E-state index contributed by atoms with van der Waals surface area (Å²) in [5.74, 6) is -0.788. The van der Waals surface area contributed by atoms with Crippen molar-refractivity contribution < 1.29 is 14.7 Å². The quantitative estimate of drug-likeness (QED) is 0.803. The summed E-state index contributed by atoms with van der Waals surface area (Å²) in [6, 6.07) is 6.69. The van der Waals surface area contributed by atoms with Gasteiger partial charge in [-0.2, -0.15) is 0 Å². The van der Waals surface area contributed by atoms with Crippen LogP contribution in [0.4, 0.5) is 0 Å². The van der Waals surface area contributed by atoms with Crippen LogP contribution in [-0.4, -0.2) is 16.9 Å². The number of rotatable bonds is 2. The molecule has 0 amide bonds. The van der Waals surface area contributed by atoms with Crippen LogP contribution in [0.1, 0.15) is 41.1 Å². The third-order valence-corrected chi connectivity index (χ3v) is 2.84. The molecule has 78 valence electrons. The topological polar surface area (TPSA) is 54.4 Å². The summed E-state index contributed by atoms with van der Waals surface area (Å²) < 4.78 is 0. The second-order valence-corrected chi connectivity index (χ2v) is 3.84. The minimum absolute atomic E-state index is 0.0794. The Morgan fingerprint density at radius 3 is 2.80 bits per heavy atom. The maximum absolute atomic E-state index is 11.5. The van der Waals surface area contributed by atoms with Crippen molar-refractivity contribution in [2.75, 3.05) is 0 Å². The van der Waals surface area contributed by atoms with Gasteiger partial charge in [-0.25, -0.2) is 4.79 Å². The van der Waals surface area contributed by atoms with Crippen LogP contribution in [0.5, 0.6) is 0 Å². The Morgan fingerprint density at radius 1 is 1.40 bits per heavy atom. The van der Waals surface area contributed by atoms with Crippen molar-refractivity contribution >= 4 is 11.8 Å². The lowest BCUT2D eigenvalue weighted by Crippen LogP contribution is -2.05. The van der Waals surface area contributed by atoms with Crippen LogP contribution in [0.3, 0.4) is 0 Å². The smallest absolute Gasteiger partial charge is 0.335 e. The van der Waals surface area contributed by atoms with Gasteiger partial charge in [0.1, 0.15) is 5.78 Å². The maximum atomic E-state index is 11.5. The molecule has 0 bridgehead atoms. The maximum Gasteiger partial charge on any atom is 0.335 e. The van der Waals surface area contributed by atoms with E-state index in [0.29, 0.717) is 6.42 Å². The molecule has 1 saturated carbocycles. The number of benzene rings is 1. The van der Waals surface area contributed by atoms with E-state index in [9.17, 15) is 9.59 Å². The summed E-state index contributed by atoms with van der Waals surface area (Å²) in [4.78, 5) is 22.3. The van der Waals surface area contributed by atoms with E-state index in [1.165, 1.54) is 0 Å². The molecule has 1 aliphatic rings. The largest absolute Gasteiger partial charge is 0.478 e. The number of carbonyl (C=O) groups excluding carboxylic acids is 1. The van der Waals surface area contributed by atoms with Gasteiger partial charge < -0.3 is 5.11 Å². The Kier molecular flexibility index (Phi) is 2.54. The van der Waals surface area contributed by atoms with Gasteiger partial charge in [0.25, 0.3) is 0 Å². The molecule has 1 aromatic rings. The SMILES string of the molecule is O=C(O)c1cccc(C2CCCC2=O)c1. The molecule has 1 atom stereocenters. The van der Waals surface area contributed by atoms with E-state index in [1.807, 2.05) is 6.07 Å². The minimum Gasteiger partial charge on any atom is -0.478 e. The Morgan fingerprint density at radius 2 is 2.20 bits per heavy atom. The first-order valence-corrected chi connectivity index (χ1v) is 5.04. The van der Waals surface area contributed by atoms with E-state index in [4.69, 9.17) is 5.11 Å². The Balaban J connectivity index is 2.32. The van der Waals surface area contributed by atoms with Crippen molar-refractivity contribution in [1.29, 1.82) is 0 Å². The molecule has 1 aromatic carbocycles. The zero-order chi connectivity index (χ0) is 10.8. The predicted molar refractivity (Wildman–Crippen MR) is 55.0 cm³/mol. The highest BCUT2D eigenvalue weighted by Gasteiger charge is 2.26. The molecule has 1 N–H and O–H groups in total. The zero-order valence-corrected chi connectivity index (χ0v) is 8.27. The highest BCUT2D eigenvalue weighted by molar-refractivity contribution is 5.90. The average molecular weight is 204 g/mol. The molecule has 1 unspecified atom stereocenters. The molecule has 0 heterocycles. The van der Waals surface area contributed by atoms with E-state index in [0.717, 1.165) is 18.4 Å². The molecular formula is C12H12O3. The first-order valence-electron chi connectivity index (χ1n) is 5.04. The number of ketones is 1. The van der Waals surface area contributed by atoms with Crippen LogP contribution >= 0.6 is 0 Å². The fourth-order valence-electron chi connectivity index (χ4n) is 2.06. The van der Waals surface area contributed by atoms with Crippen molar-refractivity contribution in [2.24, 2.45) is 0 Å². The van der Waals surface area contributed by atoms with Crippen LogP contribution < -0.4 is 0 Å². The number of Topliss-reactive ketones (excluding diaryl/α,β-unsaturated/α-hetero) is 1. The lowest BCUT2D eigenvalue weighted by Gasteiger charge is -2.08. The second kappa shape index (κ2) is 3.85. The van der Waals surface area contributed by atoms with Gasteiger partial charge >= 0.3 is 5.97 Å². The van der Waals surface area contributed by atoms with Crippen LogP contribution in [0.25, 0.3) is 0 Å². The highest BCUT2D eigenvalue weighted by Crippen LogP contribution is 2.31. The predicted octanol–water partition coefficient (Wildman–Crippen LogP) is 2.22. The van der Waals surface area contributed by atoms with Gasteiger partial charge in [-0.15, -0.1) is 0 Å². The number of aromatic carboxylic acids is 1. The third-order valence-electron chi connectivity index (χ3n) is 2.84. The minimum atomic E-state index is -0.942. The van der Waals surface area contributed by atoms with Gasteiger partial charge in [-0.05, 0) is 30.5 Å². The van der Waals surface area contributed by atoms with Gasteiger partial charge in [0.05, 0.1) is 5.56 Å². The fourth-order valence-corrected chi connectivity index (χ4v) is 2.06. The highest BCUT2D eigenvalue weighted by atomic mass is 16.4. The summed E-state index contributed by atoms with van der Waals surface area (Å²) in [7, 11) is 0. The standard InChI is InChI=1S/C12H12O3/c13-11-6-2-5-10(11)8-3-1-4-9(7-8)12(14)15/h1,3-4,7,10H,2,5-6H2,(H,14,15). The molecule has 1 fully saturated rings. The van der Waals surface area contributed by atoms with Crippen molar-refractivity contribution in [2.45, 2.75) is 25.2 Å². The third kappa shape index (κ3) is 1.91. The summed E-state index contributed by atoms with van der Waals surface area (Å²) >= 11 is 0. The van der Waals surface area contributed by atoms with Crippen molar-refractivity contribution in [3.63, 3.8) is 0 Å². The fraction of sp³-hybridized carbons (Fsp3) is 0.333. The molecule has 3 nitrogen and oxygen atoms in total. The molecule has 1 aliphatic carbocycles. The monoisotopic (exact) mass is 204 g/mol. The first kappa shape index (κ1) is 9.90. The van der Waals surface area contributed by atoms with Gasteiger partial charge in [0, 0.05) is 12.3 Å². The van der Waals surface area contributed by atoms with Crippen molar-refractivity contribution in [3.05, 3.63) is 35.4 Å². The van der Waals surface area contributed by atoms with E-state index < -0.39 is 5.97 Å². The lowest BCUT2D eigenvalue weighted by atomic mass is 9.95. The van der Waals surface area contributed by atoms with Gasteiger partial charge in [-0.1, -0.05) is 12.1 Å². The molecule has 15 heavy (non-hydrogen) atoms. The Bertz CT molecular complexity index is 409.